The summed E-state index contributed by atoms with van der Waals surface area (Å²) in [6.45, 7) is 1.61. The Labute approximate surface area is 115 Å². The van der Waals surface area contributed by atoms with E-state index in [0.29, 0.717) is 10.0 Å². The van der Waals surface area contributed by atoms with Gasteiger partial charge in [0, 0.05) is 31.1 Å². The number of nitrogens with zero attached hydrogens (tertiary/aromatic N) is 1. The van der Waals surface area contributed by atoms with Crippen molar-refractivity contribution in [3.63, 3.8) is 0 Å². The minimum absolute atomic E-state index is 0.603. The third kappa shape index (κ3) is 3.68. The number of hydrogen-bond donors (Lipinski definition) is 1. The number of benzene rings is 1. The predicted molar refractivity (Wildman–Crippen MR) is 74.0 cm³/mol. The number of nitrogens with one attached hydrogen (secondary N) is 1. The predicted octanol–water partition coefficient (Wildman–Crippen LogP) is 3.78. The van der Waals surface area contributed by atoms with Crippen LogP contribution in [0.1, 0.15) is 10.6 Å². The lowest BCUT2D eigenvalue weighted by atomic mass is 10.2. The van der Waals surface area contributed by atoms with Crippen LogP contribution in [-0.4, -0.2) is 11.5 Å². The topological polar surface area (TPSA) is 24.9 Å². The molecule has 0 atom stereocenters. The maximum absolute atomic E-state index is 6.09. The Balaban J connectivity index is 1.80. The Morgan fingerprint density at radius 2 is 2.18 bits per heavy atom. The van der Waals surface area contributed by atoms with Gasteiger partial charge in [-0.15, -0.1) is 11.3 Å². The van der Waals surface area contributed by atoms with Gasteiger partial charge in [0.05, 0.1) is 15.1 Å². The number of halogens is 2. The highest BCUT2D eigenvalue weighted by Crippen LogP contribution is 2.25. The summed E-state index contributed by atoms with van der Waals surface area (Å²) in [5, 5.41) is 7.71. The van der Waals surface area contributed by atoms with Crippen molar-refractivity contribution in [3.8, 4) is 0 Å². The van der Waals surface area contributed by atoms with Gasteiger partial charge < -0.3 is 5.32 Å². The average molecular weight is 287 g/mol. The zero-order valence-electron chi connectivity index (χ0n) is 9.12. The van der Waals surface area contributed by atoms with Crippen molar-refractivity contribution in [2.45, 2.75) is 13.0 Å². The third-order valence-corrected chi connectivity index (χ3v) is 4.04. The van der Waals surface area contributed by atoms with E-state index in [1.165, 1.54) is 0 Å². The summed E-state index contributed by atoms with van der Waals surface area (Å²) in [7, 11) is 0. The Hall–Kier alpha value is -0.610. The molecule has 0 amide bonds. The molecule has 1 heterocycles. The fourth-order valence-corrected chi connectivity index (χ4v) is 2.49. The van der Waals surface area contributed by atoms with Crippen LogP contribution < -0.4 is 5.32 Å². The highest BCUT2D eigenvalue weighted by Gasteiger charge is 2.03. The van der Waals surface area contributed by atoms with Gasteiger partial charge in [-0.1, -0.05) is 35.3 Å². The van der Waals surface area contributed by atoms with Gasteiger partial charge in [0.1, 0.15) is 0 Å². The van der Waals surface area contributed by atoms with Crippen molar-refractivity contribution in [3.05, 3.63) is 50.4 Å². The molecule has 1 aromatic carbocycles. The van der Waals surface area contributed by atoms with E-state index < -0.39 is 0 Å². The van der Waals surface area contributed by atoms with Gasteiger partial charge >= 0.3 is 0 Å². The first kappa shape index (κ1) is 12.8. The molecule has 0 fully saturated rings. The second-order valence-electron chi connectivity index (χ2n) is 3.57. The Morgan fingerprint density at radius 3 is 2.94 bits per heavy atom. The molecule has 2 rings (SSSR count). The van der Waals surface area contributed by atoms with Crippen molar-refractivity contribution < 1.29 is 0 Å². The van der Waals surface area contributed by atoms with Crippen LogP contribution >= 0.6 is 34.5 Å². The summed E-state index contributed by atoms with van der Waals surface area (Å²) in [5.74, 6) is 0. The first-order valence-electron chi connectivity index (χ1n) is 5.29. The number of hydrogen-bond acceptors (Lipinski definition) is 3. The second kappa shape index (κ2) is 6.36. The minimum Gasteiger partial charge on any atom is -0.312 e. The van der Waals surface area contributed by atoms with Crippen LogP contribution in [0.4, 0.5) is 0 Å². The smallest absolute Gasteiger partial charge is 0.0937 e. The molecular weight excluding hydrogens is 275 g/mol. The first-order valence-corrected chi connectivity index (χ1v) is 6.93. The lowest BCUT2D eigenvalue weighted by Crippen LogP contribution is -2.16. The molecule has 0 unspecified atom stereocenters. The van der Waals surface area contributed by atoms with Gasteiger partial charge in [0.15, 0.2) is 0 Å². The van der Waals surface area contributed by atoms with Gasteiger partial charge in [-0.25, -0.2) is 4.98 Å². The molecular formula is C12H12Cl2N2S. The zero-order valence-corrected chi connectivity index (χ0v) is 11.4. The molecule has 1 N–H and O–H groups in total. The average Bonchev–Trinajstić information content (AvgIpc) is 2.83. The van der Waals surface area contributed by atoms with Gasteiger partial charge in [-0.05, 0) is 11.6 Å². The Kier molecular flexibility index (Phi) is 4.80. The fourth-order valence-electron chi connectivity index (χ4n) is 1.48. The second-order valence-corrected chi connectivity index (χ2v) is 5.33. The van der Waals surface area contributed by atoms with E-state index in [2.05, 4.69) is 10.3 Å². The molecule has 0 saturated carbocycles. The van der Waals surface area contributed by atoms with Crippen molar-refractivity contribution in [1.29, 1.82) is 0 Å². The maximum atomic E-state index is 6.09. The van der Waals surface area contributed by atoms with Crippen LogP contribution in [0.25, 0.3) is 0 Å². The molecule has 0 aliphatic rings. The largest absolute Gasteiger partial charge is 0.312 e. The molecule has 0 bridgehead atoms. The molecule has 0 spiro atoms. The van der Waals surface area contributed by atoms with Gasteiger partial charge in [0.25, 0.3) is 0 Å². The molecule has 0 radical (unpaired) electrons. The quantitative estimate of drug-likeness (QED) is 0.846. The summed E-state index contributed by atoms with van der Waals surface area (Å²) in [6, 6.07) is 5.68. The van der Waals surface area contributed by atoms with Crippen molar-refractivity contribution in [1.82, 2.24) is 10.3 Å². The summed E-state index contributed by atoms with van der Waals surface area (Å²) >= 11 is 13.7. The number of rotatable bonds is 5. The minimum atomic E-state index is 0.603. The van der Waals surface area contributed by atoms with Crippen LogP contribution in [0, 0.1) is 0 Å². The van der Waals surface area contributed by atoms with E-state index in [4.69, 9.17) is 23.2 Å². The van der Waals surface area contributed by atoms with Crippen LogP contribution in [0.15, 0.2) is 29.8 Å². The Morgan fingerprint density at radius 1 is 1.29 bits per heavy atom. The van der Waals surface area contributed by atoms with E-state index in [1.54, 1.807) is 17.4 Å². The SMILES string of the molecule is Clc1cccc(CNCCc2nccs2)c1Cl. The summed E-state index contributed by atoms with van der Waals surface area (Å²) < 4.78 is 0. The summed E-state index contributed by atoms with van der Waals surface area (Å²) in [6.07, 6.45) is 2.77. The summed E-state index contributed by atoms with van der Waals surface area (Å²) in [5.41, 5.74) is 1.03. The molecule has 2 aromatic rings. The molecule has 0 saturated heterocycles. The van der Waals surface area contributed by atoms with Gasteiger partial charge in [0.2, 0.25) is 0 Å². The molecule has 0 aliphatic heterocycles. The van der Waals surface area contributed by atoms with Crippen LogP contribution in [-0.2, 0) is 13.0 Å². The highest BCUT2D eigenvalue weighted by atomic mass is 35.5. The van der Waals surface area contributed by atoms with Crippen molar-refractivity contribution >= 4 is 34.5 Å². The van der Waals surface area contributed by atoms with Gasteiger partial charge in [-0.3, -0.25) is 0 Å². The Bertz CT molecular complexity index is 471. The molecule has 5 heteroatoms. The monoisotopic (exact) mass is 286 g/mol. The lowest BCUT2D eigenvalue weighted by molar-refractivity contribution is 0.685. The van der Waals surface area contributed by atoms with Gasteiger partial charge in [-0.2, -0.15) is 0 Å². The van der Waals surface area contributed by atoms with E-state index in [1.807, 2.05) is 23.7 Å². The van der Waals surface area contributed by atoms with E-state index >= 15 is 0 Å². The van der Waals surface area contributed by atoms with Crippen molar-refractivity contribution in [2.24, 2.45) is 0 Å². The molecule has 0 aliphatic carbocycles. The normalized spacial score (nSPS) is 10.7. The van der Waals surface area contributed by atoms with E-state index in [9.17, 15) is 0 Å². The van der Waals surface area contributed by atoms with Crippen molar-refractivity contribution in [2.75, 3.05) is 6.54 Å². The first-order chi connectivity index (χ1) is 8.27. The summed E-state index contributed by atoms with van der Waals surface area (Å²) in [4.78, 5) is 4.22. The third-order valence-electron chi connectivity index (χ3n) is 2.35. The van der Waals surface area contributed by atoms with E-state index in [-0.39, 0.29) is 0 Å². The van der Waals surface area contributed by atoms with Crippen LogP contribution in [0.3, 0.4) is 0 Å². The van der Waals surface area contributed by atoms with Crippen LogP contribution in [0.5, 0.6) is 0 Å². The molecule has 1 aromatic heterocycles. The lowest BCUT2D eigenvalue weighted by Gasteiger charge is -2.06. The molecule has 2 nitrogen and oxygen atoms in total. The highest BCUT2D eigenvalue weighted by molar-refractivity contribution is 7.09. The molecule has 17 heavy (non-hydrogen) atoms. The zero-order chi connectivity index (χ0) is 12.1. The maximum Gasteiger partial charge on any atom is 0.0937 e. The standard InChI is InChI=1S/C12H12Cl2N2S/c13-10-3-1-2-9(12(10)14)8-15-5-4-11-16-6-7-17-11/h1-3,6-7,15H,4-5,8H2. The number of thiazole rings is 1. The van der Waals surface area contributed by atoms with E-state index in [0.717, 1.165) is 30.1 Å². The number of aromatic nitrogens is 1. The molecule has 90 valence electrons. The van der Waals surface area contributed by atoms with Crippen LogP contribution in [0.2, 0.25) is 10.0 Å². The fraction of sp³-hybridized carbons (Fsp3) is 0.250.